The van der Waals surface area contributed by atoms with Crippen molar-refractivity contribution in [3.63, 3.8) is 0 Å². The molecule has 0 bridgehead atoms. The van der Waals surface area contributed by atoms with Crippen LogP contribution in [0.15, 0.2) is 12.4 Å². The van der Waals surface area contributed by atoms with E-state index >= 15 is 0 Å². The number of nitrogens with zero attached hydrogens (tertiary/aromatic N) is 7. The Morgan fingerprint density at radius 1 is 1.07 bits per heavy atom. The quantitative estimate of drug-likeness (QED) is 0.788. The lowest BCUT2D eigenvalue weighted by atomic mass is 9.93. The smallest absolute Gasteiger partial charge is 0.227 e. The summed E-state index contributed by atoms with van der Waals surface area (Å²) in [6.45, 7) is 7.46. The molecular formula is C19H29N7O. The van der Waals surface area contributed by atoms with E-state index in [1.54, 1.807) is 6.33 Å². The van der Waals surface area contributed by atoms with Crippen LogP contribution in [0.5, 0.6) is 0 Å². The molecule has 0 atom stereocenters. The molecule has 2 fully saturated rings. The summed E-state index contributed by atoms with van der Waals surface area (Å²) in [6.07, 6.45) is 6.03. The van der Waals surface area contributed by atoms with Crippen LogP contribution in [0, 0.1) is 5.92 Å². The summed E-state index contributed by atoms with van der Waals surface area (Å²) in [4.78, 5) is 14.3. The van der Waals surface area contributed by atoms with Gasteiger partial charge < -0.3 is 19.1 Å². The average molecular weight is 371 g/mol. The van der Waals surface area contributed by atoms with E-state index in [1.165, 1.54) is 0 Å². The van der Waals surface area contributed by atoms with Crippen LogP contribution >= 0.6 is 0 Å². The molecule has 0 aromatic carbocycles. The van der Waals surface area contributed by atoms with Crippen LogP contribution in [-0.4, -0.2) is 64.1 Å². The molecule has 2 aromatic heterocycles. The van der Waals surface area contributed by atoms with Gasteiger partial charge in [0.2, 0.25) is 5.95 Å². The van der Waals surface area contributed by atoms with Crippen molar-refractivity contribution in [3.8, 4) is 0 Å². The summed E-state index contributed by atoms with van der Waals surface area (Å²) < 4.78 is 7.50. The van der Waals surface area contributed by atoms with Gasteiger partial charge in [0.25, 0.3) is 0 Å². The first-order chi connectivity index (χ1) is 13.2. The van der Waals surface area contributed by atoms with E-state index in [0.717, 1.165) is 88.4 Å². The fourth-order valence-corrected chi connectivity index (χ4v) is 3.83. The maximum atomic E-state index is 5.47. The van der Waals surface area contributed by atoms with Gasteiger partial charge in [-0.1, -0.05) is 6.92 Å². The maximum absolute atomic E-state index is 5.47. The zero-order chi connectivity index (χ0) is 18.6. The van der Waals surface area contributed by atoms with Crippen LogP contribution < -0.4 is 9.80 Å². The zero-order valence-corrected chi connectivity index (χ0v) is 16.3. The van der Waals surface area contributed by atoms with E-state index in [4.69, 9.17) is 14.7 Å². The van der Waals surface area contributed by atoms with Crippen molar-refractivity contribution in [1.82, 2.24) is 24.7 Å². The van der Waals surface area contributed by atoms with E-state index in [-0.39, 0.29) is 0 Å². The second-order valence-corrected chi connectivity index (χ2v) is 7.46. The lowest BCUT2D eigenvalue weighted by Gasteiger charge is -2.34. The predicted molar refractivity (Wildman–Crippen MR) is 104 cm³/mol. The first-order valence-corrected chi connectivity index (χ1v) is 10.0. The Labute approximate surface area is 160 Å². The Kier molecular flexibility index (Phi) is 5.52. The van der Waals surface area contributed by atoms with Crippen molar-refractivity contribution < 1.29 is 4.74 Å². The minimum absolute atomic E-state index is 0.662. The largest absolute Gasteiger partial charge is 0.378 e. The highest BCUT2D eigenvalue weighted by Gasteiger charge is 2.23. The van der Waals surface area contributed by atoms with Crippen LogP contribution in [0.2, 0.25) is 0 Å². The third-order valence-electron chi connectivity index (χ3n) is 5.62. The number of anilines is 2. The molecule has 0 saturated carbocycles. The molecule has 4 rings (SSSR count). The highest BCUT2D eigenvalue weighted by atomic mass is 16.5. The minimum atomic E-state index is 0.662. The molecule has 0 radical (unpaired) electrons. The SMILES string of the molecule is CCc1cc(N2CCC(Cc3nncn3C)CC2)nc(N2CCOCC2)n1. The summed E-state index contributed by atoms with van der Waals surface area (Å²) in [5.41, 5.74) is 1.11. The molecule has 0 N–H and O–H groups in total. The van der Waals surface area contributed by atoms with Gasteiger partial charge in [0, 0.05) is 51.4 Å². The molecule has 0 unspecified atom stereocenters. The van der Waals surface area contributed by atoms with Crippen LogP contribution in [-0.2, 0) is 24.6 Å². The van der Waals surface area contributed by atoms with Gasteiger partial charge in [-0.3, -0.25) is 0 Å². The number of aryl methyl sites for hydroxylation is 2. The average Bonchev–Trinajstić information content (AvgIpc) is 3.13. The van der Waals surface area contributed by atoms with Gasteiger partial charge >= 0.3 is 0 Å². The van der Waals surface area contributed by atoms with Crippen molar-refractivity contribution in [2.24, 2.45) is 13.0 Å². The summed E-state index contributed by atoms with van der Waals surface area (Å²) in [6, 6.07) is 2.16. The van der Waals surface area contributed by atoms with Gasteiger partial charge in [-0.05, 0) is 25.2 Å². The number of morpholine rings is 1. The number of piperidine rings is 1. The monoisotopic (exact) mass is 371 g/mol. The summed E-state index contributed by atoms with van der Waals surface area (Å²) in [5.74, 6) is 3.67. The first-order valence-electron chi connectivity index (χ1n) is 10.0. The third kappa shape index (κ3) is 4.21. The van der Waals surface area contributed by atoms with Gasteiger partial charge in [0.05, 0.1) is 13.2 Å². The number of rotatable bonds is 5. The van der Waals surface area contributed by atoms with E-state index in [9.17, 15) is 0 Å². The number of hydrogen-bond acceptors (Lipinski definition) is 7. The van der Waals surface area contributed by atoms with Gasteiger partial charge in [0.1, 0.15) is 18.0 Å². The van der Waals surface area contributed by atoms with Crippen LogP contribution in [0.1, 0.15) is 31.3 Å². The molecule has 8 nitrogen and oxygen atoms in total. The molecule has 2 aliphatic rings. The topological polar surface area (TPSA) is 72.2 Å². The Hall–Kier alpha value is -2.22. The lowest BCUT2D eigenvalue weighted by molar-refractivity contribution is 0.122. The van der Waals surface area contributed by atoms with Gasteiger partial charge in [-0.25, -0.2) is 4.98 Å². The highest BCUT2D eigenvalue weighted by molar-refractivity contribution is 5.46. The second kappa shape index (κ2) is 8.21. The first kappa shape index (κ1) is 18.2. The summed E-state index contributed by atoms with van der Waals surface area (Å²) in [5, 5.41) is 8.23. The van der Waals surface area contributed by atoms with Crippen LogP contribution in [0.25, 0.3) is 0 Å². The van der Waals surface area contributed by atoms with Gasteiger partial charge in [-0.2, -0.15) is 4.98 Å². The van der Waals surface area contributed by atoms with E-state index in [2.05, 4.69) is 33.0 Å². The van der Waals surface area contributed by atoms with Crippen molar-refractivity contribution in [3.05, 3.63) is 23.9 Å². The predicted octanol–water partition coefficient (Wildman–Crippen LogP) is 1.46. The minimum Gasteiger partial charge on any atom is -0.378 e. The molecule has 27 heavy (non-hydrogen) atoms. The van der Waals surface area contributed by atoms with Crippen molar-refractivity contribution in [1.29, 1.82) is 0 Å². The summed E-state index contributed by atoms with van der Waals surface area (Å²) in [7, 11) is 2.02. The molecular weight excluding hydrogens is 342 g/mol. The Bertz CT molecular complexity index is 748. The molecule has 2 saturated heterocycles. The molecule has 0 spiro atoms. The van der Waals surface area contributed by atoms with Gasteiger partial charge in [-0.15, -0.1) is 10.2 Å². The lowest BCUT2D eigenvalue weighted by Crippen LogP contribution is -2.39. The Morgan fingerprint density at radius 3 is 2.52 bits per heavy atom. The van der Waals surface area contributed by atoms with Crippen LogP contribution in [0.4, 0.5) is 11.8 Å². The normalized spacial score (nSPS) is 18.9. The molecule has 2 aliphatic heterocycles. The van der Waals surface area contributed by atoms with Gasteiger partial charge in [0.15, 0.2) is 0 Å². The van der Waals surface area contributed by atoms with E-state index in [0.29, 0.717) is 5.92 Å². The number of hydrogen-bond donors (Lipinski definition) is 0. The maximum Gasteiger partial charge on any atom is 0.227 e. The summed E-state index contributed by atoms with van der Waals surface area (Å²) >= 11 is 0. The molecule has 4 heterocycles. The molecule has 0 amide bonds. The van der Waals surface area contributed by atoms with Crippen molar-refractivity contribution in [2.75, 3.05) is 49.2 Å². The molecule has 146 valence electrons. The standard InChI is InChI=1S/C19H29N7O/c1-3-16-13-17(22-19(21-16)26-8-10-27-11-9-26)25-6-4-15(5-7-25)12-18-23-20-14-24(18)2/h13-15H,3-12H2,1-2H3. The number of ether oxygens (including phenoxy) is 1. The second-order valence-electron chi connectivity index (χ2n) is 7.46. The molecule has 8 heteroatoms. The Balaban J connectivity index is 1.43. The molecule has 0 aliphatic carbocycles. The van der Waals surface area contributed by atoms with E-state index in [1.807, 2.05) is 11.6 Å². The molecule has 2 aromatic rings. The Morgan fingerprint density at radius 2 is 1.85 bits per heavy atom. The zero-order valence-electron chi connectivity index (χ0n) is 16.3. The van der Waals surface area contributed by atoms with E-state index < -0.39 is 0 Å². The fourth-order valence-electron chi connectivity index (χ4n) is 3.83. The van der Waals surface area contributed by atoms with Crippen molar-refractivity contribution >= 4 is 11.8 Å². The van der Waals surface area contributed by atoms with Crippen LogP contribution in [0.3, 0.4) is 0 Å². The highest BCUT2D eigenvalue weighted by Crippen LogP contribution is 2.26. The fraction of sp³-hybridized carbons (Fsp3) is 0.684. The third-order valence-corrected chi connectivity index (χ3v) is 5.62. The number of aromatic nitrogens is 5. The van der Waals surface area contributed by atoms with Crippen molar-refractivity contribution in [2.45, 2.75) is 32.6 Å².